The van der Waals surface area contributed by atoms with Gasteiger partial charge in [0.1, 0.15) is 6.54 Å². The van der Waals surface area contributed by atoms with Gasteiger partial charge in [-0.15, -0.1) is 0 Å². The Morgan fingerprint density at radius 2 is 1.77 bits per heavy atom. The molecular weight excluding hydrogens is 380 g/mol. The van der Waals surface area contributed by atoms with Crippen molar-refractivity contribution in [1.82, 2.24) is 5.32 Å². The van der Waals surface area contributed by atoms with Crippen LogP contribution in [0, 0.1) is 0 Å². The minimum atomic E-state index is -0.213. The molecule has 3 aromatic carbocycles. The highest BCUT2D eigenvalue weighted by Crippen LogP contribution is 2.37. The first-order valence-corrected chi connectivity index (χ1v) is 9.92. The van der Waals surface area contributed by atoms with Gasteiger partial charge in [-0.3, -0.25) is 14.5 Å². The van der Waals surface area contributed by atoms with Gasteiger partial charge in [-0.25, -0.2) is 0 Å². The lowest BCUT2D eigenvalue weighted by molar-refractivity contribution is -0.120. The normalized spacial score (nSPS) is 13.4. The van der Waals surface area contributed by atoms with Crippen molar-refractivity contribution in [3.8, 4) is 11.5 Å². The van der Waals surface area contributed by atoms with Crippen LogP contribution < -0.4 is 19.7 Å². The maximum atomic E-state index is 12.9. The number of ether oxygens (including phenoxy) is 2. The smallest absolute Gasteiger partial charge is 0.259 e. The lowest BCUT2D eigenvalue weighted by Gasteiger charge is -2.22. The van der Waals surface area contributed by atoms with Crippen LogP contribution in [0.1, 0.15) is 35.3 Å². The highest BCUT2D eigenvalue weighted by atomic mass is 16.5. The highest BCUT2D eigenvalue weighted by Gasteiger charge is 2.31. The van der Waals surface area contributed by atoms with Crippen LogP contribution in [0.5, 0.6) is 11.5 Å². The third-order valence-electron chi connectivity index (χ3n) is 5.50. The molecular formula is C24H24N2O4. The molecule has 1 unspecified atom stereocenters. The van der Waals surface area contributed by atoms with Crippen molar-refractivity contribution >= 4 is 28.3 Å². The van der Waals surface area contributed by atoms with E-state index in [0.717, 1.165) is 22.0 Å². The summed E-state index contributed by atoms with van der Waals surface area (Å²) in [6.45, 7) is 1.97. The molecule has 0 saturated heterocycles. The average Bonchev–Trinajstić information content (AvgIpc) is 3.05. The van der Waals surface area contributed by atoms with Gasteiger partial charge in [0.15, 0.2) is 11.5 Å². The second-order valence-electron chi connectivity index (χ2n) is 7.21. The van der Waals surface area contributed by atoms with Crippen LogP contribution in [0.3, 0.4) is 0 Å². The molecule has 30 heavy (non-hydrogen) atoms. The topological polar surface area (TPSA) is 67.9 Å². The molecule has 0 aliphatic carbocycles. The van der Waals surface area contributed by atoms with Crippen LogP contribution in [0.4, 0.5) is 5.69 Å². The Kier molecular flexibility index (Phi) is 5.31. The minimum Gasteiger partial charge on any atom is -0.493 e. The molecule has 1 N–H and O–H groups in total. The zero-order valence-corrected chi connectivity index (χ0v) is 17.3. The van der Waals surface area contributed by atoms with E-state index in [0.29, 0.717) is 23.5 Å². The fourth-order valence-corrected chi connectivity index (χ4v) is 4.01. The third-order valence-corrected chi connectivity index (χ3v) is 5.50. The van der Waals surface area contributed by atoms with Gasteiger partial charge in [-0.05, 0) is 41.6 Å². The van der Waals surface area contributed by atoms with E-state index < -0.39 is 0 Å². The van der Waals surface area contributed by atoms with Crippen molar-refractivity contribution in [3.63, 3.8) is 0 Å². The Balaban J connectivity index is 1.54. The number of nitrogens with zero attached hydrogens (tertiary/aromatic N) is 1. The number of methoxy groups -OCH3 is 2. The Labute approximate surface area is 175 Å². The molecule has 1 aliphatic heterocycles. The zero-order valence-electron chi connectivity index (χ0n) is 17.3. The summed E-state index contributed by atoms with van der Waals surface area (Å²) in [7, 11) is 3.17. The lowest BCUT2D eigenvalue weighted by Crippen LogP contribution is -2.40. The Morgan fingerprint density at radius 1 is 1.03 bits per heavy atom. The molecule has 1 atom stereocenters. The van der Waals surface area contributed by atoms with Gasteiger partial charge < -0.3 is 14.8 Å². The van der Waals surface area contributed by atoms with E-state index >= 15 is 0 Å². The molecule has 1 aliphatic rings. The van der Waals surface area contributed by atoms with Gasteiger partial charge in [-0.2, -0.15) is 0 Å². The number of hydrogen-bond acceptors (Lipinski definition) is 4. The van der Waals surface area contributed by atoms with Gasteiger partial charge in [0.25, 0.3) is 5.91 Å². The van der Waals surface area contributed by atoms with Crippen LogP contribution in [0.15, 0.2) is 54.6 Å². The maximum Gasteiger partial charge on any atom is 0.259 e. The van der Waals surface area contributed by atoms with Gasteiger partial charge in [0, 0.05) is 10.9 Å². The van der Waals surface area contributed by atoms with E-state index in [9.17, 15) is 9.59 Å². The number of hydrogen-bond donors (Lipinski definition) is 1. The summed E-state index contributed by atoms with van der Waals surface area (Å²) < 4.78 is 10.7. The van der Waals surface area contributed by atoms with E-state index in [1.807, 2.05) is 61.5 Å². The Morgan fingerprint density at radius 3 is 2.47 bits per heavy atom. The Bertz CT molecular complexity index is 1120. The molecule has 0 spiro atoms. The standard InChI is InChI=1S/C24H24N2O4/c1-4-18(16-11-12-20(29-2)21(13-16)30-3)25-22(27)14-26-19-10-6-8-15-7-5-9-17(23(15)19)24(26)28/h5-13,18H,4,14H2,1-3H3,(H,25,27). The monoisotopic (exact) mass is 404 g/mol. The molecule has 4 rings (SSSR count). The number of anilines is 1. The molecule has 1 heterocycles. The second-order valence-corrected chi connectivity index (χ2v) is 7.21. The van der Waals surface area contributed by atoms with Gasteiger partial charge in [0.2, 0.25) is 5.91 Å². The quantitative estimate of drug-likeness (QED) is 0.644. The number of carbonyl (C=O) groups is 2. The SMILES string of the molecule is CCC(NC(=O)CN1C(=O)c2cccc3cccc1c23)c1ccc(OC)c(OC)c1. The van der Waals surface area contributed by atoms with E-state index in [-0.39, 0.29) is 24.4 Å². The molecule has 3 aromatic rings. The number of benzene rings is 3. The first kappa shape index (κ1) is 19.8. The largest absolute Gasteiger partial charge is 0.493 e. The number of carbonyl (C=O) groups excluding carboxylic acids is 2. The van der Waals surface area contributed by atoms with Crippen LogP contribution >= 0.6 is 0 Å². The van der Waals surface area contributed by atoms with Gasteiger partial charge >= 0.3 is 0 Å². The summed E-state index contributed by atoms with van der Waals surface area (Å²) in [5.41, 5.74) is 2.34. The summed E-state index contributed by atoms with van der Waals surface area (Å²) in [6.07, 6.45) is 0.699. The maximum absolute atomic E-state index is 12.9. The summed E-state index contributed by atoms with van der Waals surface area (Å²) in [5.74, 6) is 0.890. The summed E-state index contributed by atoms with van der Waals surface area (Å²) >= 11 is 0. The number of amides is 2. The predicted molar refractivity (Wildman–Crippen MR) is 116 cm³/mol. The molecule has 0 aromatic heterocycles. The zero-order chi connectivity index (χ0) is 21.3. The molecule has 0 saturated carbocycles. The van der Waals surface area contributed by atoms with Crippen LogP contribution in [0.2, 0.25) is 0 Å². The molecule has 0 bridgehead atoms. The number of nitrogens with one attached hydrogen (secondary N) is 1. The van der Waals surface area contributed by atoms with Crippen molar-refractivity contribution in [2.75, 3.05) is 25.7 Å². The van der Waals surface area contributed by atoms with Crippen LogP contribution in [-0.4, -0.2) is 32.6 Å². The molecule has 0 radical (unpaired) electrons. The van der Waals surface area contributed by atoms with E-state index in [2.05, 4.69) is 5.32 Å². The van der Waals surface area contributed by atoms with Gasteiger partial charge in [0.05, 0.1) is 25.9 Å². The van der Waals surface area contributed by atoms with Crippen molar-refractivity contribution in [1.29, 1.82) is 0 Å². The van der Waals surface area contributed by atoms with Crippen molar-refractivity contribution in [2.24, 2.45) is 0 Å². The van der Waals surface area contributed by atoms with E-state index in [1.54, 1.807) is 19.1 Å². The van der Waals surface area contributed by atoms with E-state index in [4.69, 9.17) is 9.47 Å². The minimum absolute atomic E-state index is 0.0313. The summed E-state index contributed by atoms with van der Waals surface area (Å²) in [5, 5.41) is 4.95. The molecule has 6 heteroatoms. The second kappa shape index (κ2) is 8.06. The highest BCUT2D eigenvalue weighted by molar-refractivity contribution is 6.26. The molecule has 0 fully saturated rings. The summed E-state index contributed by atoms with van der Waals surface area (Å²) in [4.78, 5) is 27.3. The first-order chi connectivity index (χ1) is 14.6. The molecule has 154 valence electrons. The van der Waals surface area contributed by atoms with Crippen molar-refractivity contribution in [2.45, 2.75) is 19.4 Å². The fraction of sp³-hybridized carbons (Fsp3) is 0.250. The molecule has 2 amide bonds. The van der Waals surface area contributed by atoms with E-state index in [1.165, 1.54) is 0 Å². The van der Waals surface area contributed by atoms with Crippen LogP contribution in [0.25, 0.3) is 10.8 Å². The first-order valence-electron chi connectivity index (χ1n) is 9.92. The van der Waals surface area contributed by atoms with Crippen molar-refractivity contribution in [3.05, 3.63) is 65.7 Å². The molecule has 6 nitrogen and oxygen atoms in total. The van der Waals surface area contributed by atoms with Gasteiger partial charge in [-0.1, -0.05) is 37.3 Å². The summed E-state index contributed by atoms with van der Waals surface area (Å²) in [6, 6.07) is 16.8. The Hall–Kier alpha value is -3.54. The third kappa shape index (κ3) is 3.34. The van der Waals surface area contributed by atoms with Crippen molar-refractivity contribution < 1.29 is 19.1 Å². The van der Waals surface area contributed by atoms with Crippen LogP contribution in [-0.2, 0) is 4.79 Å². The lowest BCUT2D eigenvalue weighted by atomic mass is 10.0. The number of rotatable bonds is 7. The fourth-order valence-electron chi connectivity index (χ4n) is 4.01. The average molecular weight is 404 g/mol. The predicted octanol–water partition coefficient (Wildman–Crippen LogP) is 4.08.